The number of aliphatic carboxylic acids is 1. The van der Waals surface area contributed by atoms with Crippen LogP contribution in [0.25, 0.3) is 11.0 Å². The van der Waals surface area contributed by atoms with Crippen LogP contribution in [-0.2, 0) is 9.59 Å². The number of fused-ring (bicyclic) bond motifs is 1. The quantitative estimate of drug-likeness (QED) is 0.854. The first-order valence-corrected chi connectivity index (χ1v) is 7.13. The van der Waals surface area contributed by atoms with Crippen molar-refractivity contribution >= 4 is 63.5 Å². The first-order valence-electron chi connectivity index (χ1n) is 5.65. The van der Waals surface area contributed by atoms with E-state index >= 15 is 0 Å². The van der Waals surface area contributed by atoms with E-state index < -0.39 is 17.8 Å². The molecule has 0 aliphatic carbocycles. The molecule has 3 rings (SSSR count). The molecule has 1 amide bonds. The van der Waals surface area contributed by atoms with Crippen molar-refractivity contribution in [2.45, 2.75) is 6.42 Å². The Hall–Kier alpha value is -1.44. The Labute approximate surface area is 127 Å². The Bertz CT molecular complexity index is 733. The third kappa shape index (κ3) is 1.93. The molecule has 0 spiro atoms. The molecule has 0 radical (unpaired) electrons. The Kier molecular flexibility index (Phi) is 3.27. The first-order chi connectivity index (χ1) is 9.50. The lowest BCUT2D eigenvalue weighted by Gasteiger charge is -2.18. The summed E-state index contributed by atoms with van der Waals surface area (Å²) in [7, 11) is 0. The van der Waals surface area contributed by atoms with E-state index in [1.807, 2.05) is 0 Å². The van der Waals surface area contributed by atoms with Crippen LogP contribution in [0.2, 0.25) is 10.0 Å². The monoisotopic (exact) mass is 331 g/mol. The number of hydrogen-bond acceptors (Lipinski definition) is 5. The number of carbonyl (C=O) groups is 2. The van der Waals surface area contributed by atoms with E-state index in [1.165, 1.54) is 11.0 Å². The van der Waals surface area contributed by atoms with Gasteiger partial charge in [0.05, 0.1) is 27.5 Å². The molecule has 2 heterocycles. The summed E-state index contributed by atoms with van der Waals surface area (Å²) in [6.07, 6.45) is 0.242. The summed E-state index contributed by atoms with van der Waals surface area (Å²) >= 11 is 13.1. The highest BCUT2D eigenvalue weighted by molar-refractivity contribution is 7.00. The first kappa shape index (κ1) is 13.5. The van der Waals surface area contributed by atoms with Gasteiger partial charge in [0.15, 0.2) is 0 Å². The molecule has 0 bridgehead atoms. The van der Waals surface area contributed by atoms with E-state index in [-0.39, 0.29) is 18.0 Å². The molecule has 1 aliphatic heterocycles. The number of rotatable bonds is 2. The zero-order valence-corrected chi connectivity index (χ0v) is 12.2. The number of carbonyl (C=O) groups excluding carboxylic acids is 1. The van der Waals surface area contributed by atoms with E-state index in [0.29, 0.717) is 21.7 Å². The van der Waals surface area contributed by atoms with Crippen LogP contribution in [0.15, 0.2) is 6.07 Å². The highest BCUT2D eigenvalue weighted by atomic mass is 35.5. The number of amides is 1. The van der Waals surface area contributed by atoms with E-state index in [1.54, 1.807) is 0 Å². The number of aromatic nitrogens is 2. The predicted molar refractivity (Wildman–Crippen MR) is 75.5 cm³/mol. The molecule has 1 aliphatic rings. The molecule has 9 heteroatoms. The second-order valence-corrected chi connectivity index (χ2v) is 5.66. The van der Waals surface area contributed by atoms with Gasteiger partial charge in [0.2, 0.25) is 5.91 Å². The van der Waals surface area contributed by atoms with Crippen molar-refractivity contribution in [3.8, 4) is 0 Å². The fourth-order valence-electron chi connectivity index (χ4n) is 2.25. The summed E-state index contributed by atoms with van der Waals surface area (Å²) in [6.45, 7) is 0.282. The van der Waals surface area contributed by atoms with Gasteiger partial charge in [-0.3, -0.25) is 9.59 Å². The van der Waals surface area contributed by atoms with Crippen molar-refractivity contribution in [2.24, 2.45) is 5.92 Å². The normalized spacial score (nSPS) is 19.0. The molecule has 2 aromatic rings. The molecular weight excluding hydrogens is 325 g/mol. The van der Waals surface area contributed by atoms with Crippen LogP contribution in [0.3, 0.4) is 0 Å². The average Bonchev–Trinajstić information content (AvgIpc) is 2.97. The van der Waals surface area contributed by atoms with Crippen LogP contribution in [0.4, 0.5) is 5.69 Å². The smallest absolute Gasteiger partial charge is 0.316 e. The minimum atomic E-state index is -1.13. The van der Waals surface area contributed by atoms with Gasteiger partial charge in [-0.05, 0) is 12.5 Å². The standard InChI is InChI=1S/C11H7Cl2N3O3S/c12-5-3-6(13)9(8-7(5)14-20-15-8)16-2-1-4(10(16)17)11(18)19/h3-4H,1-2H2,(H,18,19). The molecule has 0 saturated carbocycles. The van der Waals surface area contributed by atoms with Crippen LogP contribution in [0.1, 0.15) is 6.42 Å². The lowest BCUT2D eigenvalue weighted by atomic mass is 10.1. The van der Waals surface area contributed by atoms with E-state index in [2.05, 4.69) is 8.75 Å². The number of benzene rings is 1. The maximum absolute atomic E-state index is 12.2. The van der Waals surface area contributed by atoms with Gasteiger partial charge in [0, 0.05) is 6.54 Å². The third-order valence-corrected chi connectivity index (χ3v) is 4.30. The van der Waals surface area contributed by atoms with Gasteiger partial charge in [-0.1, -0.05) is 23.2 Å². The molecule has 1 saturated heterocycles. The predicted octanol–water partition coefficient (Wildman–Crippen LogP) is 2.44. The number of carboxylic acids is 1. The summed E-state index contributed by atoms with van der Waals surface area (Å²) in [6, 6.07) is 1.49. The molecular formula is C11H7Cl2N3O3S. The van der Waals surface area contributed by atoms with Crippen LogP contribution in [0, 0.1) is 5.92 Å². The summed E-state index contributed by atoms with van der Waals surface area (Å²) in [5, 5.41) is 9.62. The molecule has 6 nitrogen and oxygen atoms in total. The Morgan fingerprint density at radius 2 is 2.05 bits per heavy atom. The number of carboxylic acid groups (broad SMARTS) is 1. The summed E-state index contributed by atoms with van der Waals surface area (Å²) in [4.78, 5) is 24.5. The number of nitrogens with zero attached hydrogens (tertiary/aromatic N) is 3. The van der Waals surface area contributed by atoms with Gasteiger partial charge in [-0.15, -0.1) is 0 Å². The molecule has 1 atom stereocenters. The molecule has 1 fully saturated rings. The van der Waals surface area contributed by atoms with E-state index in [9.17, 15) is 9.59 Å². The lowest BCUT2D eigenvalue weighted by molar-refractivity contribution is -0.144. The van der Waals surface area contributed by atoms with Crippen LogP contribution in [-0.4, -0.2) is 32.3 Å². The third-order valence-electron chi connectivity index (χ3n) is 3.19. The Morgan fingerprint density at radius 1 is 1.35 bits per heavy atom. The van der Waals surface area contributed by atoms with Gasteiger partial charge in [0.1, 0.15) is 17.0 Å². The van der Waals surface area contributed by atoms with Gasteiger partial charge in [-0.25, -0.2) is 0 Å². The molecule has 1 aromatic carbocycles. The van der Waals surface area contributed by atoms with Crippen molar-refractivity contribution in [3.05, 3.63) is 16.1 Å². The van der Waals surface area contributed by atoms with Gasteiger partial charge in [-0.2, -0.15) is 8.75 Å². The van der Waals surface area contributed by atoms with Crippen molar-refractivity contribution < 1.29 is 14.7 Å². The number of anilines is 1. The highest BCUT2D eigenvalue weighted by Gasteiger charge is 2.39. The lowest BCUT2D eigenvalue weighted by Crippen LogP contribution is -2.30. The second kappa shape index (κ2) is 4.83. The highest BCUT2D eigenvalue weighted by Crippen LogP contribution is 2.40. The van der Waals surface area contributed by atoms with Gasteiger partial charge >= 0.3 is 5.97 Å². The van der Waals surface area contributed by atoms with E-state index in [4.69, 9.17) is 28.3 Å². The van der Waals surface area contributed by atoms with Crippen LogP contribution < -0.4 is 4.90 Å². The van der Waals surface area contributed by atoms with Gasteiger partial charge in [0.25, 0.3) is 0 Å². The molecule has 1 unspecified atom stereocenters. The largest absolute Gasteiger partial charge is 0.481 e. The maximum atomic E-state index is 12.2. The molecule has 104 valence electrons. The minimum absolute atomic E-state index is 0.242. The molecule has 1 N–H and O–H groups in total. The van der Waals surface area contributed by atoms with Crippen molar-refractivity contribution in [1.29, 1.82) is 0 Å². The fraction of sp³-hybridized carbons (Fsp3) is 0.273. The SMILES string of the molecule is O=C(O)C1CCN(c2c(Cl)cc(Cl)c3nsnc23)C1=O. The van der Waals surface area contributed by atoms with Crippen molar-refractivity contribution in [1.82, 2.24) is 8.75 Å². The topological polar surface area (TPSA) is 83.4 Å². The maximum Gasteiger partial charge on any atom is 0.316 e. The molecule has 20 heavy (non-hydrogen) atoms. The summed E-state index contributed by atoms with van der Waals surface area (Å²) in [5.41, 5.74) is 1.27. The van der Waals surface area contributed by atoms with Crippen LogP contribution in [0.5, 0.6) is 0 Å². The zero-order valence-electron chi connectivity index (χ0n) is 9.84. The second-order valence-electron chi connectivity index (χ2n) is 4.32. The van der Waals surface area contributed by atoms with Crippen molar-refractivity contribution in [2.75, 3.05) is 11.4 Å². The Morgan fingerprint density at radius 3 is 2.70 bits per heavy atom. The summed E-state index contributed by atoms with van der Waals surface area (Å²) < 4.78 is 8.17. The van der Waals surface area contributed by atoms with E-state index in [0.717, 1.165) is 11.7 Å². The van der Waals surface area contributed by atoms with Crippen molar-refractivity contribution in [3.63, 3.8) is 0 Å². The molecule has 1 aromatic heterocycles. The average molecular weight is 332 g/mol. The minimum Gasteiger partial charge on any atom is -0.481 e. The fourth-order valence-corrected chi connectivity index (χ4v) is 3.46. The van der Waals surface area contributed by atoms with Gasteiger partial charge < -0.3 is 10.0 Å². The number of hydrogen-bond donors (Lipinski definition) is 1. The Balaban J connectivity index is 2.14. The van der Waals surface area contributed by atoms with Crippen LogP contribution >= 0.6 is 34.9 Å². The zero-order chi connectivity index (χ0) is 14.4. The number of halogens is 2. The summed E-state index contributed by atoms with van der Waals surface area (Å²) in [5.74, 6) is -2.66.